The smallest absolute Gasteiger partial charge is 0.140 e. The second-order valence-corrected chi connectivity index (χ2v) is 17.2. The molecule has 0 saturated carbocycles. The fraction of sp³-hybridized carbons (Fsp3) is 0.0159. The van der Waals surface area contributed by atoms with E-state index in [0.717, 1.165) is 39.3 Å². The first-order valence-corrected chi connectivity index (χ1v) is 22.4. The maximum absolute atomic E-state index is 7.20. The first-order valence-electron chi connectivity index (χ1n) is 22.4. The van der Waals surface area contributed by atoms with Crippen molar-refractivity contribution in [3.8, 4) is 56.0 Å². The van der Waals surface area contributed by atoms with Gasteiger partial charge in [-0.15, -0.1) is 0 Å². The summed E-state index contributed by atoms with van der Waals surface area (Å²) >= 11 is 0. The lowest BCUT2D eigenvalue weighted by Crippen LogP contribution is -2.32. The molecule has 0 bridgehead atoms. The minimum absolute atomic E-state index is 0.606. The standard InChI is InChI=1S/C63H41NO/c1-3-15-42(16-4-1)44-29-35-49(36-30-44)64(51-22-13-21-48(41-51)43-17-5-2-6-18-43)50-37-31-47(32-38-50)52-26-14-28-57-60(52)55-25-11-12-27-56(55)63(57)58-39-33-45-19-7-9-23-53(45)61(58)65-62-54-24-10-8-20-46(54)34-40-59(62)63/h1-41H. The van der Waals surface area contributed by atoms with Gasteiger partial charge in [0.2, 0.25) is 0 Å². The van der Waals surface area contributed by atoms with Crippen LogP contribution in [-0.4, -0.2) is 0 Å². The quantitative estimate of drug-likeness (QED) is 0.166. The molecule has 1 heterocycles. The van der Waals surface area contributed by atoms with E-state index in [-0.39, 0.29) is 0 Å². The summed E-state index contributed by atoms with van der Waals surface area (Å²) in [6.45, 7) is 0. The van der Waals surface area contributed by atoms with Crippen molar-refractivity contribution in [2.45, 2.75) is 5.41 Å². The summed E-state index contributed by atoms with van der Waals surface area (Å²) in [5.74, 6) is 1.86. The van der Waals surface area contributed by atoms with E-state index < -0.39 is 5.41 Å². The minimum atomic E-state index is -0.606. The Morgan fingerprint density at radius 1 is 0.292 bits per heavy atom. The Morgan fingerprint density at radius 2 is 0.769 bits per heavy atom. The molecule has 0 amide bonds. The van der Waals surface area contributed by atoms with Crippen LogP contribution in [0, 0.1) is 0 Å². The Labute approximate surface area is 378 Å². The van der Waals surface area contributed by atoms with E-state index in [1.54, 1.807) is 0 Å². The number of hydrogen-bond donors (Lipinski definition) is 0. The molecule has 1 spiro atoms. The molecule has 2 heteroatoms. The summed E-state index contributed by atoms with van der Waals surface area (Å²) in [4.78, 5) is 2.37. The number of rotatable bonds is 6. The van der Waals surface area contributed by atoms with Crippen molar-refractivity contribution in [2.75, 3.05) is 4.90 Å². The third kappa shape index (κ3) is 5.74. The molecule has 0 atom stereocenters. The summed E-state index contributed by atoms with van der Waals surface area (Å²) in [7, 11) is 0. The summed E-state index contributed by atoms with van der Waals surface area (Å²) in [6, 6.07) is 90.5. The molecule has 11 aromatic rings. The van der Waals surface area contributed by atoms with Crippen molar-refractivity contribution in [2.24, 2.45) is 0 Å². The topological polar surface area (TPSA) is 12.5 Å². The predicted octanol–water partition coefficient (Wildman–Crippen LogP) is 16.9. The van der Waals surface area contributed by atoms with Crippen LogP contribution in [0.2, 0.25) is 0 Å². The Morgan fingerprint density at radius 3 is 1.42 bits per heavy atom. The molecular formula is C63H41NO. The minimum Gasteiger partial charge on any atom is -0.455 e. The van der Waals surface area contributed by atoms with Crippen LogP contribution in [0.5, 0.6) is 11.5 Å². The van der Waals surface area contributed by atoms with Crippen LogP contribution >= 0.6 is 0 Å². The second-order valence-electron chi connectivity index (χ2n) is 17.2. The van der Waals surface area contributed by atoms with E-state index in [0.29, 0.717) is 0 Å². The summed E-state index contributed by atoms with van der Waals surface area (Å²) in [5.41, 5.74) is 17.2. The number of ether oxygens (including phenoxy) is 1. The van der Waals surface area contributed by atoms with Gasteiger partial charge in [0.25, 0.3) is 0 Å². The lowest BCUT2D eigenvalue weighted by atomic mass is 9.65. The van der Waals surface area contributed by atoms with Crippen LogP contribution in [0.15, 0.2) is 249 Å². The van der Waals surface area contributed by atoms with Crippen LogP contribution in [-0.2, 0) is 5.41 Å². The lowest BCUT2D eigenvalue weighted by Gasteiger charge is -2.40. The van der Waals surface area contributed by atoms with Gasteiger partial charge in [0.1, 0.15) is 11.5 Å². The van der Waals surface area contributed by atoms with Crippen molar-refractivity contribution in [1.29, 1.82) is 0 Å². The van der Waals surface area contributed by atoms with Crippen LogP contribution < -0.4 is 9.64 Å². The molecule has 0 aromatic heterocycles. The molecule has 304 valence electrons. The van der Waals surface area contributed by atoms with Crippen molar-refractivity contribution >= 4 is 38.6 Å². The molecule has 1 aliphatic carbocycles. The highest BCUT2D eigenvalue weighted by Crippen LogP contribution is 2.65. The molecule has 11 aromatic carbocycles. The van der Waals surface area contributed by atoms with Gasteiger partial charge in [0.15, 0.2) is 0 Å². The molecular weight excluding hydrogens is 787 g/mol. The molecule has 0 fully saturated rings. The molecule has 0 N–H and O–H groups in total. The maximum Gasteiger partial charge on any atom is 0.140 e. The normalized spacial score (nSPS) is 12.9. The van der Waals surface area contributed by atoms with E-state index in [4.69, 9.17) is 4.74 Å². The van der Waals surface area contributed by atoms with Crippen LogP contribution in [0.3, 0.4) is 0 Å². The second kappa shape index (κ2) is 14.8. The first-order chi connectivity index (χ1) is 32.2. The first kappa shape index (κ1) is 37.1. The predicted molar refractivity (Wildman–Crippen MR) is 270 cm³/mol. The highest BCUT2D eigenvalue weighted by Gasteiger charge is 2.52. The average molecular weight is 828 g/mol. The SMILES string of the molecule is c1ccc(-c2ccc(N(c3ccc(-c4cccc5c4-c4ccccc4C54c5ccc6ccccc6c5Oc5c4ccc4ccccc54)cc3)c3cccc(-c4ccccc4)c3)cc2)cc1. The largest absolute Gasteiger partial charge is 0.455 e. The van der Waals surface area contributed by atoms with Gasteiger partial charge >= 0.3 is 0 Å². The van der Waals surface area contributed by atoms with E-state index in [2.05, 4.69) is 254 Å². The Hall–Kier alpha value is -8.46. The number of fused-ring (bicyclic) bond motifs is 13. The van der Waals surface area contributed by atoms with Gasteiger partial charge in [-0.05, 0) is 103 Å². The van der Waals surface area contributed by atoms with Crippen LogP contribution in [0.1, 0.15) is 22.3 Å². The van der Waals surface area contributed by atoms with Gasteiger partial charge < -0.3 is 9.64 Å². The Bertz CT molecular complexity index is 3530. The van der Waals surface area contributed by atoms with Crippen LogP contribution in [0.25, 0.3) is 66.1 Å². The van der Waals surface area contributed by atoms with Gasteiger partial charge in [-0.25, -0.2) is 0 Å². The average Bonchev–Trinajstić information content (AvgIpc) is 3.68. The fourth-order valence-corrected chi connectivity index (χ4v) is 10.8. The number of anilines is 3. The third-order valence-corrected chi connectivity index (χ3v) is 13.7. The van der Waals surface area contributed by atoms with Crippen molar-refractivity contribution in [3.05, 3.63) is 271 Å². The zero-order valence-electron chi connectivity index (χ0n) is 35.5. The Kier molecular flexibility index (Phi) is 8.47. The zero-order chi connectivity index (χ0) is 42.9. The summed E-state index contributed by atoms with van der Waals surface area (Å²) in [6.07, 6.45) is 0. The molecule has 1 aliphatic heterocycles. The zero-order valence-corrected chi connectivity index (χ0v) is 35.5. The summed E-state index contributed by atoms with van der Waals surface area (Å²) < 4.78 is 7.20. The van der Waals surface area contributed by atoms with E-state index >= 15 is 0 Å². The molecule has 0 radical (unpaired) electrons. The van der Waals surface area contributed by atoms with Crippen molar-refractivity contribution < 1.29 is 4.74 Å². The molecule has 2 aliphatic rings. The van der Waals surface area contributed by atoms with E-state index in [1.807, 2.05) is 0 Å². The number of nitrogens with zero attached hydrogens (tertiary/aromatic N) is 1. The highest BCUT2D eigenvalue weighted by molar-refractivity contribution is 6.02. The van der Waals surface area contributed by atoms with Gasteiger partial charge in [0, 0.05) is 39.0 Å². The molecule has 0 unspecified atom stereocenters. The fourth-order valence-electron chi connectivity index (χ4n) is 10.8. The third-order valence-electron chi connectivity index (χ3n) is 13.7. The van der Waals surface area contributed by atoms with Gasteiger partial charge in [0.05, 0.1) is 5.41 Å². The monoisotopic (exact) mass is 827 g/mol. The number of benzene rings is 11. The highest BCUT2D eigenvalue weighted by atomic mass is 16.5. The van der Waals surface area contributed by atoms with E-state index in [1.165, 1.54) is 77.5 Å². The number of hydrogen-bond acceptors (Lipinski definition) is 2. The molecule has 2 nitrogen and oxygen atoms in total. The van der Waals surface area contributed by atoms with Gasteiger partial charge in [-0.3, -0.25) is 0 Å². The maximum atomic E-state index is 7.20. The lowest BCUT2D eigenvalue weighted by molar-refractivity contribution is 0.447. The van der Waals surface area contributed by atoms with Gasteiger partial charge in [-0.1, -0.05) is 212 Å². The van der Waals surface area contributed by atoms with Crippen molar-refractivity contribution in [3.63, 3.8) is 0 Å². The van der Waals surface area contributed by atoms with Gasteiger partial charge in [-0.2, -0.15) is 0 Å². The van der Waals surface area contributed by atoms with Crippen LogP contribution in [0.4, 0.5) is 17.1 Å². The van der Waals surface area contributed by atoms with Crippen molar-refractivity contribution in [1.82, 2.24) is 0 Å². The Balaban J connectivity index is 0.987. The van der Waals surface area contributed by atoms with E-state index in [9.17, 15) is 0 Å². The molecule has 0 saturated heterocycles. The molecule has 65 heavy (non-hydrogen) atoms. The summed E-state index contributed by atoms with van der Waals surface area (Å²) in [5, 5.41) is 4.57. The molecule has 13 rings (SSSR count).